The molecule has 0 aromatic rings. The first-order chi connectivity index (χ1) is 7.18. The van der Waals surface area contributed by atoms with Gasteiger partial charge in [0, 0.05) is 5.54 Å². The molecule has 1 heteroatoms. The maximum atomic E-state index is 2.62. The standard InChI is InChI=1S/C14H27N/c1-4-10-15(3)14(2)11-13(14)12-8-6-5-7-9-12/h12-13H,4-11H2,1-3H3. The van der Waals surface area contributed by atoms with Gasteiger partial charge in [0.25, 0.3) is 0 Å². The smallest absolute Gasteiger partial charge is 0.0213 e. The molecule has 0 heterocycles. The van der Waals surface area contributed by atoms with Gasteiger partial charge in [0.15, 0.2) is 0 Å². The van der Waals surface area contributed by atoms with Gasteiger partial charge in [0.05, 0.1) is 0 Å². The summed E-state index contributed by atoms with van der Waals surface area (Å²) < 4.78 is 0. The van der Waals surface area contributed by atoms with Crippen molar-refractivity contribution in [2.45, 2.75) is 64.3 Å². The molecular formula is C14H27N. The quantitative estimate of drug-likeness (QED) is 0.682. The van der Waals surface area contributed by atoms with Gasteiger partial charge >= 0.3 is 0 Å². The second-order valence-electron chi connectivity index (χ2n) is 5.99. The fourth-order valence-corrected chi connectivity index (χ4v) is 3.63. The highest BCUT2D eigenvalue weighted by atomic mass is 15.2. The van der Waals surface area contributed by atoms with Crippen LogP contribution >= 0.6 is 0 Å². The predicted molar refractivity (Wildman–Crippen MR) is 66.0 cm³/mol. The Morgan fingerprint density at radius 1 is 1.20 bits per heavy atom. The van der Waals surface area contributed by atoms with Gasteiger partial charge in [0.2, 0.25) is 0 Å². The van der Waals surface area contributed by atoms with Crippen LogP contribution in [0.1, 0.15) is 58.8 Å². The lowest BCUT2D eigenvalue weighted by Gasteiger charge is -2.29. The van der Waals surface area contributed by atoms with Gasteiger partial charge in [-0.05, 0) is 45.2 Å². The van der Waals surface area contributed by atoms with Crippen molar-refractivity contribution < 1.29 is 0 Å². The lowest BCUT2D eigenvalue weighted by atomic mass is 9.84. The lowest BCUT2D eigenvalue weighted by molar-refractivity contribution is 0.187. The lowest BCUT2D eigenvalue weighted by Crippen LogP contribution is -2.35. The molecule has 0 aromatic heterocycles. The van der Waals surface area contributed by atoms with Crippen LogP contribution in [0.25, 0.3) is 0 Å². The van der Waals surface area contributed by atoms with Crippen molar-refractivity contribution >= 4 is 0 Å². The van der Waals surface area contributed by atoms with Gasteiger partial charge in [-0.2, -0.15) is 0 Å². The van der Waals surface area contributed by atoms with Gasteiger partial charge in [-0.1, -0.05) is 39.0 Å². The van der Waals surface area contributed by atoms with E-state index in [1.165, 1.54) is 51.5 Å². The normalized spacial score (nSPS) is 37.2. The number of rotatable bonds is 4. The third kappa shape index (κ3) is 2.22. The van der Waals surface area contributed by atoms with Crippen molar-refractivity contribution in [3.05, 3.63) is 0 Å². The highest BCUT2D eigenvalue weighted by molar-refractivity contribution is 5.10. The van der Waals surface area contributed by atoms with Crippen LogP contribution in [-0.4, -0.2) is 24.0 Å². The largest absolute Gasteiger partial charge is 0.301 e. The van der Waals surface area contributed by atoms with E-state index in [1.807, 2.05) is 0 Å². The van der Waals surface area contributed by atoms with E-state index in [0.717, 1.165) is 11.8 Å². The summed E-state index contributed by atoms with van der Waals surface area (Å²) in [6.07, 6.45) is 10.3. The maximum Gasteiger partial charge on any atom is 0.0213 e. The molecule has 2 aliphatic carbocycles. The van der Waals surface area contributed by atoms with Crippen molar-refractivity contribution in [1.29, 1.82) is 0 Å². The number of hydrogen-bond donors (Lipinski definition) is 0. The molecule has 2 unspecified atom stereocenters. The van der Waals surface area contributed by atoms with E-state index >= 15 is 0 Å². The topological polar surface area (TPSA) is 3.24 Å². The predicted octanol–water partition coefficient (Wildman–Crippen LogP) is 3.69. The van der Waals surface area contributed by atoms with Crippen molar-refractivity contribution in [2.75, 3.05) is 13.6 Å². The van der Waals surface area contributed by atoms with E-state index in [-0.39, 0.29) is 0 Å². The van der Waals surface area contributed by atoms with Crippen LogP contribution < -0.4 is 0 Å². The van der Waals surface area contributed by atoms with Crippen molar-refractivity contribution in [3.63, 3.8) is 0 Å². The molecule has 15 heavy (non-hydrogen) atoms. The zero-order chi connectivity index (χ0) is 10.9. The van der Waals surface area contributed by atoms with E-state index in [2.05, 4.69) is 25.8 Å². The Morgan fingerprint density at radius 2 is 1.87 bits per heavy atom. The average Bonchev–Trinajstić information content (AvgIpc) is 2.94. The van der Waals surface area contributed by atoms with E-state index in [4.69, 9.17) is 0 Å². The molecular weight excluding hydrogens is 182 g/mol. The summed E-state index contributed by atoms with van der Waals surface area (Å²) in [5.74, 6) is 2.08. The molecule has 0 spiro atoms. The molecule has 0 aromatic carbocycles. The van der Waals surface area contributed by atoms with Crippen molar-refractivity contribution in [1.82, 2.24) is 4.90 Å². The molecule has 0 bridgehead atoms. The van der Waals surface area contributed by atoms with Gasteiger partial charge in [-0.15, -0.1) is 0 Å². The summed E-state index contributed by atoms with van der Waals surface area (Å²) in [6.45, 7) is 6.06. The molecule has 2 fully saturated rings. The second-order valence-corrected chi connectivity index (χ2v) is 5.99. The van der Waals surface area contributed by atoms with Gasteiger partial charge < -0.3 is 4.90 Å². The molecule has 0 N–H and O–H groups in total. The Kier molecular flexibility index (Phi) is 3.39. The van der Waals surface area contributed by atoms with Crippen molar-refractivity contribution in [3.8, 4) is 0 Å². The minimum atomic E-state index is 0.567. The number of hydrogen-bond acceptors (Lipinski definition) is 1. The Hall–Kier alpha value is -0.0400. The summed E-state index contributed by atoms with van der Waals surface area (Å²) in [7, 11) is 2.33. The summed E-state index contributed by atoms with van der Waals surface area (Å²) in [5, 5.41) is 0. The molecule has 2 rings (SSSR count). The van der Waals surface area contributed by atoms with Crippen molar-refractivity contribution in [2.24, 2.45) is 11.8 Å². The Bertz CT molecular complexity index is 207. The summed E-state index contributed by atoms with van der Waals surface area (Å²) >= 11 is 0. The molecule has 2 aliphatic rings. The summed E-state index contributed by atoms with van der Waals surface area (Å²) in [5.41, 5.74) is 0.567. The van der Waals surface area contributed by atoms with Crippen LogP contribution in [-0.2, 0) is 0 Å². The number of nitrogens with zero attached hydrogens (tertiary/aromatic N) is 1. The van der Waals surface area contributed by atoms with E-state index < -0.39 is 0 Å². The Labute approximate surface area is 95.2 Å². The highest BCUT2D eigenvalue weighted by Gasteiger charge is 2.55. The molecule has 0 amide bonds. The average molecular weight is 209 g/mol. The molecule has 2 atom stereocenters. The zero-order valence-corrected chi connectivity index (χ0v) is 10.8. The van der Waals surface area contributed by atoms with E-state index in [0.29, 0.717) is 5.54 Å². The van der Waals surface area contributed by atoms with Gasteiger partial charge in [-0.3, -0.25) is 0 Å². The maximum absolute atomic E-state index is 2.62. The molecule has 1 nitrogen and oxygen atoms in total. The van der Waals surface area contributed by atoms with Crippen LogP contribution in [0.15, 0.2) is 0 Å². The molecule has 2 saturated carbocycles. The summed E-state index contributed by atoms with van der Waals surface area (Å²) in [6, 6.07) is 0. The fourth-order valence-electron chi connectivity index (χ4n) is 3.63. The van der Waals surface area contributed by atoms with Gasteiger partial charge in [-0.25, -0.2) is 0 Å². The molecule has 0 aliphatic heterocycles. The van der Waals surface area contributed by atoms with Crippen LogP contribution in [0.3, 0.4) is 0 Å². The van der Waals surface area contributed by atoms with Crippen LogP contribution in [0, 0.1) is 11.8 Å². The zero-order valence-electron chi connectivity index (χ0n) is 10.8. The van der Waals surface area contributed by atoms with E-state index in [9.17, 15) is 0 Å². The first-order valence-corrected chi connectivity index (χ1v) is 6.89. The Morgan fingerprint density at radius 3 is 2.47 bits per heavy atom. The monoisotopic (exact) mass is 209 g/mol. The summed E-state index contributed by atoms with van der Waals surface area (Å²) in [4.78, 5) is 2.62. The highest BCUT2D eigenvalue weighted by Crippen LogP contribution is 2.55. The first kappa shape index (κ1) is 11.4. The first-order valence-electron chi connectivity index (χ1n) is 6.89. The SMILES string of the molecule is CCCN(C)C1(C)CC1C1CCCCC1. The third-order valence-electron chi connectivity index (χ3n) is 4.92. The Balaban J connectivity index is 1.86. The van der Waals surface area contributed by atoms with E-state index in [1.54, 1.807) is 0 Å². The fraction of sp³-hybridized carbons (Fsp3) is 1.00. The van der Waals surface area contributed by atoms with Crippen LogP contribution in [0.5, 0.6) is 0 Å². The second kappa shape index (κ2) is 4.45. The molecule has 0 saturated heterocycles. The van der Waals surface area contributed by atoms with Crippen LogP contribution in [0.4, 0.5) is 0 Å². The minimum absolute atomic E-state index is 0.567. The van der Waals surface area contributed by atoms with Gasteiger partial charge in [0.1, 0.15) is 0 Å². The molecule has 0 radical (unpaired) electrons. The minimum Gasteiger partial charge on any atom is -0.301 e. The third-order valence-corrected chi connectivity index (χ3v) is 4.92. The molecule has 88 valence electrons. The van der Waals surface area contributed by atoms with Crippen LogP contribution in [0.2, 0.25) is 0 Å².